The van der Waals surface area contributed by atoms with E-state index >= 15 is 0 Å². The molecular formula is C15H24ClN3. The second-order valence-electron chi connectivity index (χ2n) is 5.84. The van der Waals surface area contributed by atoms with Crippen molar-refractivity contribution < 1.29 is 0 Å². The van der Waals surface area contributed by atoms with Crippen molar-refractivity contribution >= 4 is 17.4 Å². The molecule has 4 heteroatoms. The van der Waals surface area contributed by atoms with Crippen LogP contribution in [0.1, 0.15) is 52.1 Å². The Bertz CT molecular complexity index is 412. The Hall–Kier alpha value is -0.830. The van der Waals surface area contributed by atoms with E-state index < -0.39 is 0 Å². The zero-order valence-electron chi connectivity index (χ0n) is 12.1. The third-order valence-electron chi connectivity index (χ3n) is 4.25. The first kappa shape index (κ1) is 14.6. The van der Waals surface area contributed by atoms with Gasteiger partial charge in [-0.1, -0.05) is 32.4 Å². The van der Waals surface area contributed by atoms with Gasteiger partial charge in [-0.3, -0.25) is 0 Å². The Balaban J connectivity index is 1.96. The van der Waals surface area contributed by atoms with Crippen molar-refractivity contribution in [2.75, 3.05) is 5.32 Å². The highest BCUT2D eigenvalue weighted by atomic mass is 35.5. The molecule has 0 aromatic carbocycles. The second-order valence-corrected chi connectivity index (χ2v) is 6.21. The van der Waals surface area contributed by atoms with Gasteiger partial charge in [0.05, 0.1) is 5.69 Å². The molecule has 1 aliphatic carbocycles. The number of aromatic nitrogens is 2. The van der Waals surface area contributed by atoms with Crippen molar-refractivity contribution in [2.24, 2.45) is 11.8 Å². The molecule has 1 heterocycles. The first-order chi connectivity index (χ1) is 9.11. The Morgan fingerprint density at radius 3 is 2.53 bits per heavy atom. The molecule has 3 nitrogen and oxygen atoms in total. The van der Waals surface area contributed by atoms with Gasteiger partial charge in [0.15, 0.2) is 0 Å². The van der Waals surface area contributed by atoms with E-state index in [9.17, 15) is 0 Å². The van der Waals surface area contributed by atoms with Gasteiger partial charge in [0, 0.05) is 6.04 Å². The van der Waals surface area contributed by atoms with Crippen LogP contribution in [-0.4, -0.2) is 16.0 Å². The standard InChI is InChI=1S/C15H24ClN3/c1-4-13-14(16)15(18-9-17-13)19-12-7-5-11(6-8-12)10(2)3/h9-12H,4-8H2,1-3H3,(H,17,18,19). The van der Waals surface area contributed by atoms with Crippen LogP contribution in [-0.2, 0) is 6.42 Å². The summed E-state index contributed by atoms with van der Waals surface area (Å²) in [5, 5.41) is 4.19. The van der Waals surface area contributed by atoms with E-state index in [-0.39, 0.29) is 0 Å². The first-order valence-electron chi connectivity index (χ1n) is 7.37. The molecule has 106 valence electrons. The molecule has 0 bridgehead atoms. The van der Waals surface area contributed by atoms with E-state index in [0.717, 1.165) is 29.8 Å². The van der Waals surface area contributed by atoms with E-state index in [1.807, 2.05) is 0 Å². The molecule has 0 radical (unpaired) electrons. The molecule has 1 N–H and O–H groups in total. The predicted octanol–water partition coefficient (Wildman–Crippen LogP) is 4.32. The Kier molecular flexibility index (Phi) is 5.03. The molecule has 0 saturated heterocycles. The van der Waals surface area contributed by atoms with Crippen molar-refractivity contribution in [3.63, 3.8) is 0 Å². The molecule has 1 aromatic rings. The smallest absolute Gasteiger partial charge is 0.148 e. The van der Waals surface area contributed by atoms with E-state index in [0.29, 0.717) is 11.1 Å². The van der Waals surface area contributed by atoms with Crippen LogP contribution >= 0.6 is 11.6 Å². The highest BCUT2D eigenvalue weighted by molar-refractivity contribution is 6.33. The van der Waals surface area contributed by atoms with E-state index in [4.69, 9.17) is 11.6 Å². The molecule has 0 spiro atoms. The topological polar surface area (TPSA) is 37.8 Å². The fourth-order valence-electron chi connectivity index (χ4n) is 2.88. The largest absolute Gasteiger partial charge is 0.366 e. The van der Waals surface area contributed by atoms with Crippen LogP contribution < -0.4 is 5.32 Å². The lowest BCUT2D eigenvalue weighted by Crippen LogP contribution is -2.28. The minimum absolute atomic E-state index is 0.507. The predicted molar refractivity (Wildman–Crippen MR) is 80.6 cm³/mol. The Morgan fingerprint density at radius 1 is 1.26 bits per heavy atom. The average molecular weight is 282 g/mol. The Labute approximate surface area is 121 Å². The number of rotatable bonds is 4. The second kappa shape index (κ2) is 6.56. The van der Waals surface area contributed by atoms with Gasteiger partial charge in [0.25, 0.3) is 0 Å². The summed E-state index contributed by atoms with van der Waals surface area (Å²) in [7, 11) is 0. The molecule has 1 saturated carbocycles. The third-order valence-corrected chi connectivity index (χ3v) is 4.65. The normalized spacial score (nSPS) is 23.6. The average Bonchev–Trinajstić information content (AvgIpc) is 2.42. The lowest BCUT2D eigenvalue weighted by atomic mass is 9.80. The minimum Gasteiger partial charge on any atom is -0.366 e. The van der Waals surface area contributed by atoms with Gasteiger partial charge in [-0.2, -0.15) is 0 Å². The molecule has 0 aliphatic heterocycles. The van der Waals surface area contributed by atoms with E-state index in [1.165, 1.54) is 25.7 Å². The summed E-state index contributed by atoms with van der Waals surface area (Å²) in [5.41, 5.74) is 0.926. The molecule has 19 heavy (non-hydrogen) atoms. The molecule has 1 aromatic heterocycles. The van der Waals surface area contributed by atoms with Crippen LogP contribution in [0.3, 0.4) is 0 Å². The van der Waals surface area contributed by atoms with Crippen molar-refractivity contribution in [2.45, 2.75) is 58.9 Å². The highest BCUT2D eigenvalue weighted by Crippen LogP contribution is 2.32. The summed E-state index contributed by atoms with van der Waals surface area (Å²) in [6, 6.07) is 0.507. The fourth-order valence-corrected chi connectivity index (χ4v) is 3.16. The summed E-state index contributed by atoms with van der Waals surface area (Å²) in [4.78, 5) is 8.48. The summed E-state index contributed by atoms with van der Waals surface area (Å²) < 4.78 is 0. The number of nitrogens with zero attached hydrogens (tertiary/aromatic N) is 2. The van der Waals surface area contributed by atoms with Crippen LogP contribution in [0.2, 0.25) is 5.02 Å². The van der Waals surface area contributed by atoms with Gasteiger partial charge in [0.2, 0.25) is 0 Å². The molecule has 0 unspecified atom stereocenters. The number of anilines is 1. The van der Waals surface area contributed by atoms with Crippen LogP contribution in [0.5, 0.6) is 0 Å². The number of nitrogens with one attached hydrogen (secondary N) is 1. The van der Waals surface area contributed by atoms with Crippen molar-refractivity contribution in [3.8, 4) is 0 Å². The Morgan fingerprint density at radius 2 is 1.95 bits per heavy atom. The first-order valence-corrected chi connectivity index (χ1v) is 7.75. The van der Waals surface area contributed by atoms with Crippen LogP contribution in [0.15, 0.2) is 6.33 Å². The minimum atomic E-state index is 0.507. The third kappa shape index (κ3) is 3.59. The van der Waals surface area contributed by atoms with Crippen LogP contribution in [0, 0.1) is 11.8 Å². The van der Waals surface area contributed by atoms with Crippen LogP contribution in [0.4, 0.5) is 5.82 Å². The van der Waals surface area contributed by atoms with E-state index in [1.54, 1.807) is 6.33 Å². The van der Waals surface area contributed by atoms with Crippen molar-refractivity contribution in [1.82, 2.24) is 9.97 Å². The lowest BCUT2D eigenvalue weighted by molar-refractivity contribution is 0.266. The molecule has 2 rings (SSSR count). The zero-order chi connectivity index (χ0) is 13.8. The van der Waals surface area contributed by atoms with Crippen LogP contribution in [0.25, 0.3) is 0 Å². The summed E-state index contributed by atoms with van der Waals surface area (Å²) in [6.07, 6.45) is 7.48. The SMILES string of the molecule is CCc1ncnc(NC2CCC(C(C)C)CC2)c1Cl. The maximum absolute atomic E-state index is 6.32. The molecule has 1 fully saturated rings. The summed E-state index contributed by atoms with van der Waals surface area (Å²) in [5.74, 6) is 2.49. The maximum atomic E-state index is 6.32. The summed E-state index contributed by atoms with van der Waals surface area (Å²) >= 11 is 6.32. The molecular weight excluding hydrogens is 258 g/mol. The maximum Gasteiger partial charge on any atom is 0.148 e. The number of aryl methyl sites for hydroxylation is 1. The molecule has 1 aliphatic rings. The zero-order valence-corrected chi connectivity index (χ0v) is 12.9. The molecule has 0 amide bonds. The van der Waals surface area contributed by atoms with Gasteiger partial charge in [-0.05, 0) is 43.9 Å². The van der Waals surface area contributed by atoms with Gasteiger partial charge in [-0.25, -0.2) is 9.97 Å². The van der Waals surface area contributed by atoms with Gasteiger partial charge < -0.3 is 5.32 Å². The van der Waals surface area contributed by atoms with E-state index in [2.05, 4.69) is 36.1 Å². The highest BCUT2D eigenvalue weighted by Gasteiger charge is 2.24. The number of halogens is 1. The number of hydrogen-bond donors (Lipinski definition) is 1. The van der Waals surface area contributed by atoms with Gasteiger partial charge in [0.1, 0.15) is 17.2 Å². The van der Waals surface area contributed by atoms with Gasteiger partial charge in [-0.15, -0.1) is 0 Å². The monoisotopic (exact) mass is 281 g/mol. The summed E-state index contributed by atoms with van der Waals surface area (Å²) in [6.45, 7) is 6.71. The van der Waals surface area contributed by atoms with Crippen molar-refractivity contribution in [3.05, 3.63) is 17.0 Å². The fraction of sp³-hybridized carbons (Fsp3) is 0.733. The van der Waals surface area contributed by atoms with Crippen molar-refractivity contribution in [1.29, 1.82) is 0 Å². The molecule has 0 atom stereocenters. The quantitative estimate of drug-likeness (QED) is 0.893. The van der Waals surface area contributed by atoms with Gasteiger partial charge >= 0.3 is 0 Å². The lowest BCUT2D eigenvalue weighted by Gasteiger charge is -2.31. The number of hydrogen-bond acceptors (Lipinski definition) is 3.